The van der Waals surface area contributed by atoms with Crippen LogP contribution in [0.15, 0.2) is 12.2 Å². The van der Waals surface area contributed by atoms with Gasteiger partial charge in [-0.2, -0.15) is 0 Å². The molecule has 0 rings (SSSR count). The number of nitrogens with one attached hydrogen (secondary N) is 1. The smallest absolute Gasteiger partial charge is 0.393 e. The van der Waals surface area contributed by atoms with E-state index in [0.29, 0.717) is 6.42 Å². The van der Waals surface area contributed by atoms with Crippen molar-refractivity contribution < 1.29 is 33.5 Å². The number of aliphatic hydroxyl groups excluding tert-OH is 2. The van der Waals surface area contributed by atoms with Gasteiger partial charge in [-0.05, 0) is 19.3 Å². The SMILES string of the molecule is CCCCCCCCCCCC/C=C/C(O)C(COP(=O)(O)OCCN)NC(=O)CC(O)CCCCCCCCCC. The molecule has 0 aromatic carbocycles. The molecule has 0 aliphatic heterocycles. The van der Waals surface area contributed by atoms with Crippen LogP contribution in [-0.2, 0) is 18.4 Å². The van der Waals surface area contributed by atoms with Crippen LogP contribution in [0.4, 0.5) is 0 Å². The first kappa shape index (κ1) is 41.2. The lowest BCUT2D eigenvalue weighted by atomic mass is 10.0. The van der Waals surface area contributed by atoms with Gasteiger partial charge in [0.25, 0.3) is 0 Å². The highest BCUT2D eigenvalue weighted by atomic mass is 31.2. The Morgan fingerprint density at radius 2 is 1.31 bits per heavy atom. The van der Waals surface area contributed by atoms with E-state index in [0.717, 1.165) is 38.5 Å². The molecule has 4 unspecified atom stereocenters. The third kappa shape index (κ3) is 26.8. The van der Waals surface area contributed by atoms with Crippen molar-refractivity contribution >= 4 is 13.7 Å². The molecule has 9 nitrogen and oxygen atoms in total. The van der Waals surface area contributed by atoms with Crippen LogP contribution in [0.2, 0.25) is 0 Å². The number of phosphoric ester groups is 1. The second kappa shape index (κ2) is 28.9. The number of nitrogens with two attached hydrogens (primary N) is 1. The lowest BCUT2D eigenvalue weighted by Gasteiger charge is -2.24. The molecule has 4 atom stereocenters. The molecular formula is C32H65N2O7P. The first-order valence-corrected chi connectivity index (χ1v) is 18.4. The Labute approximate surface area is 257 Å². The highest BCUT2D eigenvalue weighted by molar-refractivity contribution is 7.47. The van der Waals surface area contributed by atoms with Crippen molar-refractivity contribution in [2.75, 3.05) is 19.8 Å². The van der Waals surface area contributed by atoms with Gasteiger partial charge in [-0.25, -0.2) is 4.57 Å². The van der Waals surface area contributed by atoms with Gasteiger partial charge in [-0.3, -0.25) is 13.8 Å². The molecule has 0 aromatic heterocycles. The zero-order valence-electron chi connectivity index (χ0n) is 26.9. The number of amides is 1. The molecule has 10 heteroatoms. The summed E-state index contributed by atoms with van der Waals surface area (Å²) >= 11 is 0. The van der Waals surface area contributed by atoms with Gasteiger partial charge in [-0.1, -0.05) is 135 Å². The summed E-state index contributed by atoms with van der Waals surface area (Å²) < 4.78 is 21.9. The standard InChI is InChI=1S/C32H65N2O7P/c1-3-5-7-9-11-13-14-15-16-18-20-22-24-31(36)30(28-41-42(38,39)40-26-25-33)34-32(37)27-29(35)23-21-19-17-12-10-8-6-4-2/h22,24,29-31,35-36H,3-21,23,25-28,33H2,1-2H3,(H,34,37)(H,38,39)/b24-22+. The van der Waals surface area contributed by atoms with E-state index in [1.807, 2.05) is 6.08 Å². The average molecular weight is 621 g/mol. The summed E-state index contributed by atoms with van der Waals surface area (Å²) in [5.74, 6) is -0.451. The molecule has 6 N–H and O–H groups in total. The number of allylic oxidation sites excluding steroid dienone is 1. The minimum absolute atomic E-state index is 0.0507. The van der Waals surface area contributed by atoms with Crippen LogP contribution < -0.4 is 11.1 Å². The predicted molar refractivity (Wildman–Crippen MR) is 172 cm³/mol. The van der Waals surface area contributed by atoms with Crippen molar-refractivity contribution in [2.24, 2.45) is 5.73 Å². The van der Waals surface area contributed by atoms with Gasteiger partial charge in [0.05, 0.1) is 37.9 Å². The number of hydrogen-bond donors (Lipinski definition) is 5. The zero-order chi connectivity index (χ0) is 31.3. The van der Waals surface area contributed by atoms with Gasteiger partial charge in [-0.15, -0.1) is 0 Å². The number of hydrogen-bond acceptors (Lipinski definition) is 7. The van der Waals surface area contributed by atoms with Gasteiger partial charge in [0.1, 0.15) is 0 Å². The number of unbranched alkanes of at least 4 members (excludes halogenated alkanes) is 17. The molecule has 0 spiro atoms. The molecule has 250 valence electrons. The second-order valence-corrected chi connectivity index (χ2v) is 13.0. The molecule has 0 aliphatic carbocycles. The number of carbonyl (C=O) groups excluding carboxylic acids is 1. The molecule has 0 aromatic rings. The molecule has 42 heavy (non-hydrogen) atoms. The van der Waals surface area contributed by atoms with E-state index in [9.17, 15) is 24.5 Å². The number of aliphatic hydroxyl groups is 2. The summed E-state index contributed by atoms with van der Waals surface area (Å²) in [5.41, 5.74) is 5.32. The highest BCUT2D eigenvalue weighted by Crippen LogP contribution is 2.43. The first-order valence-electron chi connectivity index (χ1n) is 16.9. The summed E-state index contributed by atoms with van der Waals surface area (Å²) in [6.45, 7) is 3.90. The second-order valence-electron chi connectivity index (χ2n) is 11.6. The number of rotatable bonds is 31. The minimum Gasteiger partial charge on any atom is -0.393 e. The Morgan fingerprint density at radius 1 is 0.810 bits per heavy atom. The molecular weight excluding hydrogens is 555 g/mol. The van der Waals surface area contributed by atoms with Crippen LogP contribution in [0.3, 0.4) is 0 Å². The van der Waals surface area contributed by atoms with E-state index in [2.05, 4.69) is 19.2 Å². The molecule has 0 saturated carbocycles. The Balaban J connectivity index is 4.55. The average Bonchev–Trinajstić information content (AvgIpc) is 2.96. The molecule has 0 saturated heterocycles. The maximum absolute atomic E-state index is 12.6. The van der Waals surface area contributed by atoms with Gasteiger partial charge < -0.3 is 26.2 Å². The largest absolute Gasteiger partial charge is 0.472 e. The van der Waals surface area contributed by atoms with E-state index >= 15 is 0 Å². The fraction of sp³-hybridized carbons (Fsp3) is 0.906. The van der Waals surface area contributed by atoms with E-state index in [1.54, 1.807) is 6.08 Å². The molecule has 0 fully saturated rings. The Morgan fingerprint density at radius 3 is 1.83 bits per heavy atom. The summed E-state index contributed by atoms with van der Waals surface area (Å²) in [4.78, 5) is 22.5. The third-order valence-corrected chi connectivity index (χ3v) is 8.40. The van der Waals surface area contributed by atoms with E-state index in [4.69, 9.17) is 14.8 Å². The van der Waals surface area contributed by atoms with Crippen molar-refractivity contribution in [1.29, 1.82) is 0 Å². The van der Waals surface area contributed by atoms with Crippen LogP contribution in [-0.4, -0.2) is 59.0 Å². The normalized spacial score (nSPS) is 15.5. The summed E-state index contributed by atoms with van der Waals surface area (Å²) in [7, 11) is -4.38. The third-order valence-electron chi connectivity index (χ3n) is 7.42. The lowest BCUT2D eigenvalue weighted by Crippen LogP contribution is -2.46. The minimum atomic E-state index is -4.38. The van der Waals surface area contributed by atoms with Crippen molar-refractivity contribution in [3.05, 3.63) is 12.2 Å². The fourth-order valence-corrected chi connectivity index (χ4v) is 5.58. The molecule has 0 aliphatic rings. The van der Waals surface area contributed by atoms with Crippen LogP contribution in [0.5, 0.6) is 0 Å². The predicted octanol–water partition coefficient (Wildman–Crippen LogP) is 7.07. The quantitative estimate of drug-likeness (QED) is 0.0313. The van der Waals surface area contributed by atoms with Crippen molar-refractivity contribution in [3.8, 4) is 0 Å². The maximum atomic E-state index is 12.6. The van der Waals surface area contributed by atoms with E-state index in [-0.39, 0.29) is 19.6 Å². The maximum Gasteiger partial charge on any atom is 0.472 e. The van der Waals surface area contributed by atoms with Gasteiger partial charge in [0, 0.05) is 6.54 Å². The van der Waals surface area contributed by atoms with Crippen molar-refractivity contribution in [2.45, 2.75) is 167 Å². The molecule has 1 amide bonds. The topological polar surface area (TPSA) is 151 Å². The zero-order valence-corrected chi connectivity index (χ0v) is 27.8. The van der Waals surface area contributed by atoms with Crippen LogP contribution in [0.25, 0.3) is 0 Å². The van der Waals surface area contributed by atoms with Gasteiger partial charge in [0.15, 0.2) is 0 Å². The molecule has 0 bridgehead atoms. The Kier molecular flexibility index (Phi) is 28.4. The monoisotopic (exact) mass is 620 g/mol. The highest BCUT2D eigenvalue weighted by Gasteiger charge is 2.27. The Hall–Kier alpha value is -0.800. The van der Waals surface area contributed by atoms with Crippen molar-refractivity contribution in [3.63, 3.8) is 0 Å². The molecule has 0 radical (unpaired) electrons. The van der Waals surface area contributed by atoms with Crippen LogP contribution in [0.1, 0.15) is 149 Å². The van der Waals surface area contributed by atoms with Crippen LogP contribution >= 0.6 is 7.82 Å². The van der Waals surface area contributed by atoms with E-state index in [1.165, 1.54) is 83.5 Å². The Bertz CT molecular complexity index is 696. The summed E-state index contributed by atoms with van der Waals surface area (Å²) in [6, 6.07) is -0.973. The summed E-state index contributed by atoms with van der Waals surface area (Å²) in [6.07, 6.45) is 24.5. The number of phosphoric acid groups is 1. The molecule has 0 heterocycles. The summed E-state index contributed by atoms with van der Waals surface area (Å²) in [5, 5.41) is 23.7. The first-order chi connectivity index (χ1) is 20.3. The van der Waals surface area contributed by atoms with Crippen LogP contribution in [0, 0.1) is 0 Å². The van der Waals surface area contributed by atoms with Gasteiger partial charge in [0.2, 0.25) is 5.91 Å². The van der Waals surface area contributed by atoms with E-state index < -0.39 is 38.6 Å². The van der Waals surface area contributed by atoms with Crippen molar-refractivity contribution in [1.82, 2.24) is 5.32 Å². The fourth-order valence-electron chi connectivity index (χ4n) is 4.82. The van der Waals surface area contributed by atoms with Gasteiger partial charge >= 0.3 is 7.82 Å². The lowest BCUT2D eigenvalue weighted by molar-refractivity contribution is -0.124. The number of carbonyl (C=O) groups is 1.